The second-order valence-electron chi connectivity index (χ2n) is 5.85. The summed E-state index contributed by atoms with van der Waals surface area (Å²) in [5.74, 6) is -1.21. The third-order valence-corrected chi connectivity index (χ3v) is 6.13. The smallest absolute Gasteiger partial charge is 0.303 e. The Morgan fingerprint density at radius 2 is 2.04 bits per heavy atom. The molecule has 1 aliphatic heterocycles. The number of carbonyl (C=O) groups excluding carboxylic acids is 1. The van der Waals surface area contributed by atoms with E-state index >= 15 is 0 Å². The summed E-state index contributed by atoms with van der Waals surface area (Å²) in [5.41, 5.74) is 1.85. The number of thiocarbonyl (C=S) groups is 1. The highest BCUT2D eigenvalue weighted by atomic mass is 32.2. The molecule has 10 heteroatoms. The molecular formula is C18H14N2O5S3. The van der Waals surface area contributed by atoms with Gasteiger partial charge in [0.2, 0.25) is 0 Å². The number of thiophene rings is 1. The van der Waals surface area contributed by atoms with E-state index in [9.17, 15) is 19.7 Å². The molecule has 0 atom stereocenters. The molecule has 0 spiro atoms. The topological polar surface area (TPSA) is 101 Å². The summed E-state index contributed by atoms with van der Waals surface area (Å²) in [6, 6.07) is 7.13. The maximum absolute atomic E-state index is 12.7. The number of carboxylic acids is 1. The molecule has 0 saturated carbocycles. The largest absolute Gasteiger partial charge is 0.481 e. The highest BCUT2D eigenvalue weighted by Crippen LogP contribution is 2.38. The van der Waals surface area contributed by atoms with Crippen LogP contribution in [0.2, 0.25) is 0 Å². The van der Waals surface area contributed by atoms with Crippen LogP contribution < -0.4 is 0 Å². The number of thioether (sulfide) groups is 1. The molecule has 1 N–H and O–H groups in total. The minimum atomic E-state index is -0.924. The second kappa shape index (κ2) is 8.63. The number of nitro groups is 1. The zero-order chi connectivity index (χ0) is 20.3. The van der Waals surface area contributed by atoms with Crippen LogP contribution in [0.15, 0.2) is 39.9 Å². The van der Waals surface area contributed by atoms with Gasteiger partial charge in [-0.05, 0) is 23.6 Å². The van der Waals surface area contributed by atoms with E-state index in [4.69, 9.17) is 17.3 Å². The van der Waals surface area contributed by atoms with Crippen LogP contribution in [0.4, 0.5) is 5.69 Å². The predicted octanol–water partition coefficient (Wildman–Crippen LogP) is 4.39. The van der Waals surface area contributed by atoms with Gasteiger partial charge in [-0.15, -0.1) is 11.3 Å². The molecule has 0 radical (unpaired) electrons. The van der Waals surface area contributed by atoms with Crippen molar-refractivity contribution in [3.63, 3.8) is 0 Å². The number of carboxylic acid groups (broad SMARTS) is 1. The summed E-state index contributed by atoms with van der Waals surface area (Å²) in [6.45, 7) is 0.242. The number of amides is 1. The number of aliphatic carboxylic acids is 1. The molecule has 1 aliphatic rings. The molecule has 0 aliphatic carbocycles. The van der Waals surface area contributed by atoms with E-state index in [1.54, 1.807) is 35.7 Å². The van der Waals surface area contributed by atoms with E-state index in [1.165, 1.54) is 21.6 Å². The van der Waals surface area contributed by atoms with Crippen LogP contribution in [0.1, 0.15) is 18.4 Å². The van der Waals surface area contributed by atoms with Gasteiger partial charge in [-0.2, -0.15) is 0 Å². The van der Waals surface area contributed by atoms with Gasteiger partial charge in [-0.3, -0.25) is 24.6 Å². The molecule has 0 unspecified atom stereocenters. The molecule has 1 amide bonds. The van der Waals surface area contributed by atoms with Crippen molar-refractivity contribution in [1.29, 1.82) is 0 Å². The van der Waals surface area contributed by atoms with Crippen LogP contribution >= 0.6 is 35.3 Å². The first kappa shape index (κ1) is 20.2. The van der Waals surface area contributed by atoms with E-state index in [0.717, 1.165) is 11.8 Å². The van der Waals surface area contributed by atoms with Gasteiger partial charge in [0.15, 0.2) is 0 Å². The first-order valence-corrected chi connectivity index (χ1v) is 10.3. The van der Waals surface area contributed by atoms with Crippen LogP contribution in [0.5, 0.6) is 0 Å². The third-order valence-electron chi connectivity index (χ3n) is 4.02. The Balaban J connectivity index is 1.89. The molecule has 2 aromatic rings. The number of nitrogens with zero attached hydrogens (tertiary/aromatic N) is 2. The summed E-state index contributed by atoms with van der Waals surface area (Å²) in [6.07, 6.45) is 1.95. The third kappa shape index (κ3) is 4.29. The molecule has 3 rings (SSSR count). The van der Waals surface area contributed by atoms with Crippen molar-refractivity contribution in [3.8, 4) is 11.1 Å². The first-order chi connectivity index (χ1) is 13.4. The Kier molecular flexibility index (Phi) is 6.22. The number of rotatable bonds is 7. The molecule has 2 heterocycles. The number of hydrogen-bond donors (Lipinski definition) is 1. The van der Waals surface area contributed by atoms with Gasteiger partial charge in [-0.25, -0.2) is 0 Å². The summed E-state index contributed by atoms with van der Waals surface area (Å²) in [4.78, 5) is 36.0. The lowest BCUT2D eigenvalue weighted by Gasteiger charge is -2.13. The lowest BCUT2D eigenvalue weighted by atomic mass is 10.0. The van der Waals surface area contributed by atoms with E-state index in [0.29, 0.717) is 32.3 Å². The van der Waals surface area contributed by atoms with Crippen LogP contribution in [-0.4, -0.2) is 37.7 Å². The van der Waals surface area contributed by atoms with Crippen LogP contribution in [0.25, 0.3) is 17.2 Å². The van der Waals surface area contributed by atoms with Crippen LogP contribution in [-0.2, 0) is 9.59 Å². The van der Waals surface area contributed by atoms with Crippen molar-refractivity contribution in [3.05, 3.63) is 55.6 Å². The highest BCUT2D eigenvalue weighted by Gasteiger charge is 2.32. The van der Waals surface area contributed by atoms with E-state index in [1.807, 2.05) is 0 Å². The highest BCUT2D eigenvalue weighted by molar-refractivity contribution is 8.26. The van der Waals surface area contributed by atoms with Crippen LogP contribution in [0, 0.1) is 10.1 Å². The van der Waals surface area contributed by atoms with Crippen molar-refractivity contribution in [2.24, 2.45) is 0 Å². The summed E-state index contributed by atoms with van der Waals surface area (Å²) in [5, 5.41) is 23.2. The number of hydrogen-bond acceptors (Lipinski definition) is 7. The minimum Gasteiger partial charge on any atom is -0.481 e. The summed E-state index contributed by atoms with van der Waals surface area (Å²) in [7, 11) is 0. The molecule has 28 heavy (non-hydrogen) atoms. The van der Waals surface area contributed by atoms with E-state index in [2.05, 4.69) is 0 Å². The SMILES string of the molecule is O=C(O)CCCN1C(=O)/C(=C\c2ccccc2-c2cscc2[N+](=O)[O-])SC1=S. The maximum Gasteiger partial charge on any atom is 0.303 e. The molecule has 1 saturated heterocycles. The van der Waals surface area contributed by atoms with Crippen molar-refractivity contribution in [1.82, 2.24) is 4.90 Å². The number of carbonyl (C=O) groups is 2. The van der Waals surface area contributed by atoms with Crippen molar-refractivity contribution in [2.75, 3.05) is 6.54 Å². The molecule has 1 aromatic heterocycles. The quantitative estimate of drug-likeness (QED) is 0.298. The molecule has 0 bridgehead atoms. The molecule has 7 nitrogen and oxygen atoms in total. The molecule has 1 aromatic carbocycles. The molecule has 144 valence electrons. The molecular weight excluding hydrogens is 420 g/mol. The van der Waals surface area contributed by atoms with Gasteiger partial charge >= 0.3 is 5.97 Å². The zero-order valence-electron chi connectivity index (χ0n) is 14.4. The fourth-order valence-corrected chi connectivity index (χ4v) is 4.82. The maximum atomic E-state index is 12.7. The number of benzene rings is 1. The standard InChI is InChI=1S/C18H14N2O5S3/c21-16(22)6-3-7-19-17(23)15(28-18(19)26)8-11-4-1-2-5-12(11)13-9-27-10-14(13)20(24)25/h1-2,4-5,8-10H,3,6-7H2,(H,21,22)/b15-8+. The van der Waals surface area contributed by atoms with Crippen molar-refractivity contribution in [2.45, 2.75) is 12.8 Å². The van der Waals surface area contributed by atoms with Crippen LogP contribution in [0.3, 0.4) is 0 Å². The average molecular weight is 435 g/mol. The Morgan fingerprint density at radius 3 is 2.75 bits per heavy atom. The second-order valence-corrected chi connectivity index (χ2v) is 8.27. The lowest BCUT2D eigenvalue weighted by Crippen LogP contribution is -2.29. The van der Waals surface area contributed by atoms with Crippen molar-refractivity contribution >= 4 is 63.3 Å². The van der Waals surface area contributed by atoms with Gasteiger partial charge in [0.05, 0.1) is 20.8 Å². The van der Waals surface area contributed by atoms with Gasteiger partial charge in [0, 0.05) is 18.3 Å². The minimum absolute atomic E-state index is 0.0204. The Labute approximate surface area is 173 Å². The lowest BCUT2D eigenvalue weighted by molar-refractivity contribution is -0.383. The normalized spacial score (nSPS) is 15.4. The van der Waals surface area contributed by atoms with Gasteiger partial charge in [0.25, 0.3) is 11.6 Å². The fourth-order valence-electron chi connectivity index (χ4n) is 2.72. The molecule has 1 fully saturated rings. The Hall–Kier alpha value is -2.56. The summed E-state index contributed by atoms with van der Waals surface area (Å²) < 4.78 is 0.376. The fraction of sp³-hybridized carbons (Fsp3) is 0.167. The Bertz CT molecular complexity index is 999. The summed E-state index contributed by atoms with van der Waals surface area (Å²) >= 11 is 7.63. The van der Waals surface area contributed by atoms with Gasteiger partial charge in [-0.1, -0.05) is 48.2 Å². The monoisotopic (exact) mass is 434 g/mol. The van der Waals surface area contributed by atoms with Gasteiger partial charge < -0.3 is 5.11 Å². The predicted molar refractivity (Wildman–Crippen MR) is 113 cm³/mol. The zero-order valence-corrected chi connectivity index (χ0v) is 16.8. The van der Waals surface area contributed by atoms with Crippen molar-refractivity contribution < 1.29 is 19.6 Å². The van der Waals surface area contributed by atoms with E-state index in [-0.39, 0.29) is 24.6 Å². The average Bonchev–Trinajstić information content (AvgIpc) is 3.23. The first-order valence-electron chi connectivity index (χ1n) is 8.15. The van der Waals surface area contributed by atoms with Gasteiger partial charge in [0.1, 0.15) is 4.32 Å². The Morgan fingerprint density at radius 1 is 1.29 bits per heavy atom. The van der Waals surface area contributed by atoms with E-state index < -0.39 is 10.9 Å².